The lowest BCUT2D eigenvalue weighted by Gasteiger charge is -2.46. The van der Waals surface area contributed by atoms with E-state index in [1.165, 1.54) is 0 Å². The molecule has 1 rings (SSSR count). The number of allylic oxidation sites excluding steroid dienone is 2. The Bertz CT molecular complexity index is 505. The molecule has 0 bridgehead atoms. The number of rotatable bonds is 3. The second kappa shape index (κ2) is 5.54. The Kier molecular flexibility index (Phi) is 4.87. The van der Waals surface area contributed by atoms with Gasteiger partial charge in [0.15, 0.2) is 0 Å². The van der Waals surface area contributed by atoms with Crippen molar-refractivity contribution in [3.8, 4) is 0 Å². The van der Waals surface area contributed by atoms with Gasteiger partial charge in [0.1, 0.15) is 5.76 Å². The van der Waals surface area contributed by atoms with E-state index in [-0.39, 0.29) is 22.0 Å². The molecular weight excluding hydrogens is 289 g/mol. The van der Waals surface area contributed by atoms with E-state index in [0.717, 1.165) is 5.57 Å². The zero-order valence-electron chi connectivity index (χ0n) is 13.8. The molecule has 1 aliphatic rings. The lowest BCUT2D eigenvalue weighted by atomic mass is 9.59. The van der Waals surface area contributed by atoms with Crippen molar-refractivity contribution >= 4 is 7.82 Å². The summed E-state index contributed by atoms with van der Waals surface area (Å²) in [6, 6.07) is 0. The van der Waals surface area contributed by atoms with E-state index in [4.69, 9.17) is 20.0 Å². The predicted octanol–water partition coefficient (Wildman–Crippen LogP) is 3.35. The fourth-order valence-electron chi connectivity index (χ4n) is 2.61. The van der Waals surface area contributed by atoms with Crippen molar-refractivity contribution < 1.29 is 18.9 Å². The third-order valence-electron chi connectivity index (χ3n) is 4.32. The van der Waals surface area contributed by atoms with Crippen LogP contribution in [0.1, 0.15) is 48.0 Å². The number of nitrogens with two attached hydrogens (primary N) is 1. The molecule has 0 fully saturated rings. The average molecular weight is 317 g/mol. The first-order valence-corrected chi connectivity index (χ1v) is 8.63. The van der Waals surface area contributed by atoms with Gasteiger partial charge in [0.05, 0.1) is 0 Å². The number of hydrogen-bond donors (Lipinski definition) is 3. The second-order valence-corrected chi connectivity index (χ2v) is 8.96. The molecule has 4 N–H and O–H groups in total. The van der Waals surface area contributed by atoms with Crippen molar-refractivity contribution in [2.75, 3.05) is 6.54 Å². The highest BCUT2D eigenvalue weighted by Crippen LogP contribution is 2.53. The monoisotopic (exact) mass is 317 g/mol. The molecule has 0 amide bonds. The summed E-state index contributed by atoms with van der Waals surface area (Å²) in [6.07, 6.45) is 4.23. The minimum absolute atomic E-state index is 0.0671. The van der Waals surface area contributed by atoms with E-state index in [9.17, 15) is 4.57 Å². The second-order valence-electron chi connectivity index (χ2n) is 7.80. The summed E-state index contributed by atoms with van der Waals surface area (Å²) < 4.78 is 16.1. The van der Waals surface area contributed by atoms with Gasteiger partial charge in [0, 0.05) is 12.0 Å². The maximum absolute atomic E-state index is 11.2. The molecule has 21 heavy (non-hydrogen) atoms. The molecule has 0 aromatic carbocycles. The zero-order chi connectivity index (χ0) is 16.7. The fourth-order valence-corrected chi connectivity index (χ4v) is 3.03. The van der Waals surface area contributed by atoms with Crippen LogP contribution in [-0.4, -0.2) is 16.3 Å². The Morgan fingerprint density at radius 2 is 1.81 bits per heavy atom. The quantitative estimate of drug-likeness (QED) is 0.694. The topological polar surface area (TPSA) is 92.8 Å². The lowest BCUT2D eigenvalue weighted by molar-refractivity contribution is 0.137. The molecule has 0 heterocycles. The van der Waals surface area contributed by atoms with Crippen LogP contribution in [0.3, 0.4) is 0 Å². The molecule has 0 aromatic heterocycles. The van der Waals surface area contributed by atoms with Crippen molar-refractivity contribution in [1.29, 1.82) is 0 Å². The van der Waals surface area contributed by atoms with E-state index in [2.05, 4.69) is 20.8 Å². The van der Waals surface area contributed by atoms with Crippen LogP contribution in [0.25, 0.3) is 0 Å². The molecule has 1 aliphatic carbocycles. The third-order valence-corrected chi connectivity index (χ3v) is 4.76. The van der Waals surface area contributed by atoms with E-state index < -0.39 is 7.82 Å². The number of phosphoric acid groups is 1. The first-order valence-electron chi connectivity index (χ1n) is 7.10. The van der Waals surface area contributed by atoms with Crippen molar-refractivity contribution in [3.63, 3.8) is 0 Å². The highest BCUT2D eigenvalue weighted by molar-refractivity contribution is 7.46. The Morgan fingerprint density at radius 3 is 2.14 bits per heavy atom. The Balaban J connectivity index is 3.35. The molecule has 0 aliphatic heterocycles. The minimum Gasteiger partial charge on any atom is -0.404 e. The van der Waals surface area contributed by atoms with Gasteiger partial charge >= 0.3 is 7.82 Å². The van der Waals surface area contributed by atoms with Crippen molar-refractivity contribution in [1.82, 2.24) is 0 Å². The largest absolute Gasteiger partial charge is 0.524 e. The molecule has 1 unspecified atom stereocenters. The highest BCUT2D eigenvalue weighted by atomic mass is 31.2. The molecule has 0 aromatic rings. The van der Waals surface area contributed by atoms with Gasteiger partial charge in [0.2, 0.25) is 0 Å². The first kappa shape index (κ1) is 18.4. The Hall–Kier alpha value is -0.610. The average Bonchev–Trinajstić information content (AvgIpc) is 2.24. The van der Waals surface area contributed by atoms with Gasteiger partial charge < -0.3 is 10.3 Å². The summed E-state index contributed by atoms with van der Waals surface area (Å²) in [5, 5.41) is 0. The van der Waals surface area contributed by atoms with Crippen LogP contribution in [0, 0.1) is 16.2 Å². The van der Waals surface area contributed by atoms with Gasteiger partial charge in [-0.15, -0.1) is 0 Å². The van der Waals surface area contributed by atoms with Crippen molar-refractivity contribution in [2.45, 2.75) is 48.0 Å². The molecule has 122 valence electrons. The third kappa shape index (κ3) is 4.19. The minimum atomic E-state index is -4.57. The number of hydrogen-bond acceptors (Lipinski definition) is 3. The van der Waals surface area contributed by atoms with Gasteiger partial charge in [-0.25, -0.2) is 4.57 Å². The lowest BCUT2D eigenvalue weighted by Crippen LogP contribution is -2.43. The van der Waals surface area contributed by atoms with Crippen LogP contribution in [0.5, 0.6) is 0 Å². The molecule has 1 atom stereocenters. The van der Waals surface area contributed by atoms with Crippen LogP contribution in [0.4, 0.5) is 0 Å². The van der Waals surface area contributed by atoms with Gasteiger partial charge in [-0.05, 0) is 28.9 Å². The summed E-state index contributed by atoms with van der Waals surface area (Å²) >= 11 is 0. The molecule has 0 spiro atoms. The molecule has 0 saturated carbocycles. The van der Waals surface area contributed by atoms with E-state index in [0.29, 0.717) is 13.0 Å². The van der Waals surface area contributed by atoms with E-state index in [1.807, 2.05) is 26.8 Å². The molecule has 5 nitrogen and oxygen atoms in total. The van der Waals surface area contributed by atoms with Gasteiger partial charge in [-0.1, -0.05) is 47.6 Å². The standard InChI is InChI=1S/C15H28NO4P/c1-13(2,3)11-9-15(10-16,14(4,5)6)8-7-12(11)20-21(17,18)19/h7-8H,9-10,16H2,1-6H3,(H2,17,18,19). The van der Waals surface area contributed by atoms with Crippen LogP contribution in [0.2, 0.25) is 0 Å². The normalized spacial score (nSPS) is 24.4. The van der Waals surface area contributed by atoms with Crippen LogP contribution in [0.15, 0.2) is 23.5 Å². The van der Waals surface area contributed by atoms with Crippen LogP contribution in [-0.2, 0) is 9.09 Å². The summed E-state index contributed by atoms with van der Waals surface area (Å²) in [5.74, 6) is 0.268. The molecule has 6 heteroatoms. The maximum Gasteiger partial charge on any atom is 0.524 e. The summed E-state index contributed by atoms with van der Waals surface area (Å²) in [7, 11) is -4.57. The molecular formula is C15H28NO4P. The fraction of sp³-hybridized carbons (Fsp3) is 0.733. The van der Waals surface area contributed by atoms with E-state index >= 15 is 0 Å². The highest BCUT2D eigenvalue weighted by Gasteiger charge is 2.44. The van der Waals surface area contributed by atoms with E-state index in [1.54, 1.807) is 6.08 Å². The first-order chi connectivity index (χ1) is 9.22. The van der Waals surface area contributed by atoms with Crippen molar-refractivity contribution in [2.24, 2.45) is 22.0 Å². The molecule has 0 saturated heterocycles. The van der Waals surface area contributed by atoms with Gasteiger partial charge in [-0.2, -0.15) is 0 Å². The zero-order valence-corrected chi connectivity index (χ0v) is 14.7. The molecule has 0 radical (unpaired) electrons. The maximum atomic E-state index is 11.2. The van der Waals surface area contributed by atoms with Crippen LogP contribution < -0.4 is 5.73 Å². The summed E-state index contributed by atoms with van der Waals surface area (Å²) in [4.78, 5) is 18.2. The van der Waals surface area contributed by atoms with Crippen LogP contribution >= 0.6 is 7.82 Å². The summed E-state index contributed by atoms with van der Waals surface area (Å²) in [6.45, 7) is 12.9. The predicted molar refractivity (Wildman–Crippen MR) is 84.3 cm³/mol. The van der Waals surface area contributed by atoms with Gasteiger partial charge in [-0.3, -0.25) is 9.79 Å². The number of phosphoric ester groups is 1. The SMILES string of the molecule is CC(C)(C)C1=C(OP(=O)(O)O)C=CC(CN)(C(C)(C)C)C1. The Labute approximate surface area is 127 Å². The summed E-state index contributed by atoms with van der Waals surface area (Å²) in [5.41, 5.74) is 6.33. The van der Waals surface area contributed by atoms with Gasteiger partial charge in [0.25, 0.3) is 0 Å². The van der Waals surface area contributed by atoms with Crippen molar-refractivity contribution in [3.05, 3.63) is 23.5 Å². The Morgan fingerprint density at radius 1 is 1.29 bits per heavy atom. The smallest absolute Gasteiger partial charge is 0.404 e.